The Labute approximate surface area is 337 Å². The van der Waals surface area contributed by atoms with Gasteiger partial charge < -0.3 is 0 Å². The largest absolute Gasteiger partial charge is 0.195 e. The molecule has 8 aromatic rings. The van der Waals surface area contributed by atoms with Gasteiger partial charge in [-0.1, -0.05) is 243 Å². The van der Waals surface area contributed by atoms with E-state index in [2.05, 4.69) is 243 Å². The molecule has 267 valence electrons. The van der Waals surface area contributed by atoms with E-state index in [1.54, 1.807) is 0 Å². The van der Waals surface area contributed by atoms with Crippen LogP contribution in [0.15, 0.2) is 243 Å². The predicted molar refractivity (Wildman–Crippen MR) is 238 cm³/mol. The fourth-order valence-electron chi connectivity index (χ4n) is 7.57. The summed E-state index contributed by atoms with van der Waals surface area (Å²) in [7, 11) is -0.696. The summed E-state index contributed by atoms with van der Waals surface area (Å²) in [5.74, 6) is 0. The van der Waals surface area contributed by atoms with E-state index in [1.807, 2.05) is 0 Å². The Hall–Kier alpha value is -4.69. The summed E-state index contributed by atoms with van der Waals surface area (Å²) in [6.07, 6.45) is 1.20. The third kappa shape index (κ3) is 9.32. The second kappa shape index (κ2) is 20.1. The van der Waals surface area contributed by atoms with Crippen LogP contribution in [0.25, 0.3) is 0 Å². The van der Waals surface area contributed by atoms with Crippen LogP contribution in [0, 0.1) is 0 Å². The third-order valence-electron chi connectivity index (χ3n) is 10.0. The van der Waals surface area contributed by atoms with Crippen LogP contribution in [0.2, 0.25) is 0 Å². The predicted octanol–water partition coefficient (Wildman–Crippen LogP) is 8.31. The zero-order chi connectivity index (χ0) is 36.0. The molecule has 54 heavy (non-hydrogen) atoms. The number of rotatable bonds is 11. The van der Waals surface area contributed by atoms with Crippen molar-refractivity contribution < 1.29 is 19.5 Å². The summed E-state index contributed by atoms with van der Waals surface area (Å²) in [6, 6.07) is 87.7. The molecular weight excluding hydrogens is 776 g/mol. The molecule has 8 aromatic carbocycles. The maximum absolute atomic E-state index is 2.30. The fourth-order valence-corrected chi connectivity index (χ4v) is 12.9. The Bertz CT molecular complexity index is 1880. The maximum atomic E-state index is 2.30. The van der Waals surface area contributed by atoms with Gasteiger partial charge in [0.05, 0.1) is 0 Å². The van der Waals surface area contributed by atoms with E-state index in [-0.39, 0.29) is 35.3 Å². The molecule has 0 amide bonds. The molecule has 0 aliphatic carbocycles. The molecule has 0 N–H and O–H groups in total. The number of hydrogen-bond donors (Lipinski definition) is 0. The quantitative estimate of drug-likeness (QED) is 0.0911. The maximum Gasteiger partial charge on any atom is 0.108 e. The molecule has 0 saturated carbocycles. The van der Waals surface area contributed by atoms with Crippen molar-refractivity contribution in [3.8, 4) is 0 Å². The van der Waals surface area contributed by atoms with Gasteiger partial charge in [0.2, 0.25) is 0 Å². The molecule has 4 heteroatoms. The van der Waals surface area contributed by atoms with Gasteiger partial charge >= 0.3 is 0 Å². The fraction of sp³-hybridized carbons (Fsp3) is 0.0400. The van der Waals surface area contributed by atoms with Crippen molar-refractivity contribution in [3.63, 3.8) is 0 Å². The third-order valence-corrected chi connectivity index (χ3v) is 15.4. The smallest absolute Gasteiger partial charge is 0.108 e. The molecule has 0 saturated heterocycles. The molecule has 0 nitrogen and oxygen atoms in total. The summed E-state index contributed by atoms with van der Waals surface area (Å²) in [4.78, 5) is 0. The molecule has 0 bridgehead atoms. The Morgan fingerprint density at radius 3 is 0.593 bits per heavy atom. The molecule has 0 heterocycles. The van der Waals surface area contributed by atoms with Crippen LogP contribution >= 0.6 is 15.8 Å². The summed E-state index contributed by atoms with van der Waals surface area (Å²) < 4.78 is 0. The molecule has 1 radical (unpaired) electrons. The Balaban J connectivity index is 0.000000182. The minimum atomic E-state index is -1.22. The van der Waals surface area contributed by atoms with Gasteiger partial charge in [-0.25, -0.2) is 0 Å². The van der Waals surface area contributed by atoms with E-state index >= 15 is 0 Å². The monoisotopic (exact) mass is 820 g/mol. The van der Waals surface area contributed by atoms with Crippen molar-refractivity contribution in [2.75, 3.05) is 12.3 Å². The Kier molecular flexibility index (Phi) is 14.5. The van der Waals surface area contributed by atoms with Crippen LogP contribution in [0.1, 0.15) is 0 Å². The van der Waals surface area contributed by atoms with Gasteiger partial charge in [0.15, 0.2) is 0 Å². The van der Waals surface area contributed by atoms with Crippen LogP contribution < -0.4 is 43.1 Å². The minimum absolute atomic E-state index is 0. The summed E-state index contributed by atoms with van der Waals surface area (Å²) in [6.45, 7) is 0. The summed E-state index contributed by atoms with van der Waals surface area (Å²) in [5.41, 5.74) is 5.36. The zero-order valence-electron chi connectivity index (χ0n) is 30.3. The van der Waals surface area contributed by atoms with Crippen LogP contribution in [-0.2, 0) is 19.5 Å². The van der Waals surface area contributed by atoms with Crippen molar-refractivity contribution in [1.29, 1.82) is 0 Å². The molecule has 0 aromatic heterocycles. The normalized spacial score (nSPS) is 10.9. The van der Waals surface area contributed by atoms with Gasteiger partial charge in [-0.3, -0.25) is 0 Å². The van der Waals surface area contributed by atoms with Crippen molar-refractivity contribution in [2.45, 2.75) is 0 Å². The van der Waals surface area contributed by atoms with Gasteiger partial charge in [0.25, 0.3) is 0 Å². The van der Waals surface area contributed by atoms with Gasteiger partial charge in [-0.15, -0.1) is 0 Å². The van der Waals surface area contributed by atoms with E-state index in [4.69, 9.17) is 0 Å². The Morgan fingerprint density at radius 1 is 0.241 bits per heavy atom. The molecule has 0 aliphatic rings. The standard InChI is InChI=1S/C26H24P2.C24H20B.Rh/c1-5-13-23(14-6-1)27(24-15-7-2-8-16-24)21-22-28(25-17-9-3-10-18-25)26-19-11-4-12-20-26;1-5-13-21(14-6-1)25(22-15-7-2-8-16-22,23-17-9-3-10-18-23)24-19-11-4-12-20-24;/h1-20H,21-22H2;1-20H;/q;-1;. The molecule has 0 aliphatic heterocycles. The van der Waals surface area contributed by atoms with Crippen LogP contribution in [0.5, 0.6) is 0 Å². The molecule has 0 unspecified atom stereocenters. The van der Waals surface area contributed by atoms with E-state index in [0.717, 1.165) is 0 Å². The van der Waals surface area contributed by atoms with Gasteiger partial charge in [0.1, 0.15) is 6.15 Å². The van der Waals surface area contributed by atoms with E-state index in [9.17, 15) is 0 Å². The first-order valence-corrected chi connectivity index (χ1v) is 21.5. The summed E-state index contributed by atoms with van der Waals surface area (Å²) >= 11 is 0. The van der Waals surface area contributed by atoms with Gasteiger partial charge in [0, 0.05) is 19.5 Å². The van der Waals surface area contributed by atoms with Crippen LogP contribution in [-0.4, -0.2) is 18.5 Å². The molecule has 0 spiro atoms. The molecule has 0 atom stereocenters. The second-order valence-electron chi connectivity index (χ2n) is 13.2. The second-order valence-corrected chi connectivity index (χ2v) is 17.8. The van der Waals surface area contributed by atoms with Gasteiger partial charge in [-0.05, 0) is 49.4 Å². The van der Waals surface area contributed by atoms with Crippen molar-refractivity contribution in [2.24, 2.45) is 0 Å². The minimum Gasteiger partial charge on any atom is -0.195 e. The molecule has 8 rings (SSSR count). The molecule has 0 fully saturated rings. The zero-order valence-corrected chi connectivity index (χ0v) is 33.7. The van der Waals surface area contributed by atoms with Gasteiger partial charge in [-0.2, -0.15) is 21.9 Å². The Morgan fingerprint density at radius 2 is 0.407 bits per heavy atom. The average molecular weight is 821 g/mol. The number of hydrogen-bond acceptors (Lipinski definition) is 0. The van der Waals surface area contributed by atoms with E-state index in [1.165, 1.54) is 55.4 Å². The van der Waals surface area contributed by atoms with Crippen molar-refractivity contribution in [1.82, 2.24) is 0 Å². The van der Waals surface area contributed by atoms with Crippen molar-refractivity contribution in [3.05, 3.63) is 243 Å². The first-order chi connectivity index (χ1) is 26.3. The average Bonchev–Trinajstić information content (AvgIpc) is 3.26. The SMILES string of the molecule is [Rh].c1ccc(P(CCP(c2ccccc2)c2ccccc2)c2ccccc2)cc1.c1ccc([B-](c2ccccc2)(c2ccccc2)c2ccccc2)cc1. The topological polar surface area (TPSA) is 0 Å². The van der Waals surface area contributed by atoms with Crippen molar-refractivity contribution >= 4 is 65.1 Å². The van der Waals surface area contributed by atoms with Crippen LogP contribution in [0.3, 0.4) is 0 Å². The number of benzene rings is 8. The summed E-state index contributed by atoms with van der Waals surface area (Å²) in [5, 5.41) is 5.89. The molecular formula is C50H44BP2Rh-. The van der Waals surface area contributed by atoms with Crippen LogP contribution in [0.4, 0.5) is 0 Å². The first-order valence-electron chi connectivity index (χ1n) is 18.5. The first kappa shape index (κ1) is 39.0. The van der Waals surface area contributed by atoms with E-state index in [0.29, 0.717) is 0 Å². The van der Waals surface area contributed by atoms with E-state index < -0.39 is 6.15 Å².